The van der Waals surface area contributed by atoms with Gasteiger partial charge in [0.05, 0.1) is 44.1 Å². The lowest BCUT2D eigenvalue weighted by Gasteiger charge is -2.72. The molecule has 22 nitrogen and oxygen atoms in total. The fourth-order valence-corrected chi connectivity index (χ4v) is 16.8. The van der Waals surface area contributed by atoms with E-state index in [0.717, 1.165) is 12.5 Å². The molecule has 8 unspecified atom stereocenters. The third-order valence-electron chi connectivity index (χ3n) is 22.5. The monoisotopic (exact) mass is 1170 g/mol. The summed E-state index contributed by atoms with van der Waals surface area (Å²) in [7, 11) is 0. The average molecular weight is 1170 g/mol. The number of aliphatic hydroxyl groups is 10. The van der Waals surface area contributed by atoms with E-state index in [0.29, 0.717) is 49.7 Å². The molecular weight excluding hydrogens is 1070 g/mol. The molecule has 5 aliphatic carbocycles. The van der Waals surface area contributed by atoms with Crippen LogP contribution in [-0.2, 0) is 52.3 Å². The van der Waals surface area contributed by atoms with Gasteiger partial charge in [-0.2, -0.15) is 0 Å². The van der Waals surface area contributed by atoms with Crippen LogP contribution < -0.4 is 0 Å². The van der Waals surface area contributed by atoms with Crippen molar-refractivity contribution in [2.45, 2.75) is 238 Å². The minimum Gasteiger partial charge on any atom is -0.479 e. The number of hydrogen-bond acceptors (Lipinski definition) is 21. The summed E-state index contributed by atoms with van der Waals surface area (Å²) in [5.41, 5.74) is -6.98. The summed E-state index contributed by atoms with van der Waals surface area (Å²) in [5, 5.41) is 122. The SMILES string of the molecule is CC=C(C)C(=O)O[C@H]1[C@H](OC(=O)C(C)=CC)[C@@]2(CO)C(CC1(C)C)C1=CCC3[C@@]4(C)CC[C@H](O[C@@H]5OC(C)(C(=O)O)[C@@H](O)[C@@H](CO[C@@H]6O[C@@H](CO)C(O)[C@@H]6O)C5O[C@@H]5OC(C)(CO)[C@H](O)[C@@H](O)C5O)C(C)(C)C4CC[C@@]3(C)[C@]1(C)C[C@H]2O. The number of esters is 2. The van der Waals surface area contributed by atoms with Crippen LogP contribution >= 0.6 is 0 Å². The largest absolute Gasteiger partial charge is 0.479 e. The molecule has 0 amide bonds. The first-order valence-corrected chi connectivity index (χ1v) is 29.2. The Morgan fingerprint density at radius 1 is 0.695 bits per heavy atom. The second-order valence-corrected chi connectivity index (χ2v) is 27.6. The fourth-order valence-electron chi connectivity index (χ4n) is 16.8. The minimum atomic E-state index is -2.42. The second-order valence-electron chi connectivity index (χ2n) is 27.6. The molecule has 3 aliphatic heterocycles. The Hall–Kier alpha value is -3.01. The molecule has 0 bridgehead atoms. The molecule has 25 atom stereocenters. The van der Waals surface area contributed by atoms with Gasteiger partial charge in [-0.25, -0.2) is 14.4 Å². The molecule has 3 heterocycles. The Balaban J connectivity index is 1.13. The molecule has 11 N–H and O–H groups in total. The Bertz CT molecular complexity index is 2480. The summed E-state index contributed by atoms with van der Waals surface area (Å²) in [6.45, 7) is 21.4. The highest BCUT2D eigenvalue weighted by Gasteiger charge is 2.74. The molecule has 0 radical (unpaired) electrons. The summed E-state index contributed by atoms with van der Waals surface area (Å²) in [5.74, 6) is -4.82. The summed E-state index contributed by atoms with van der Waals surface area (Å²) in [6, 6.07) is 0. The van der Waals surface area contributed by atoms with Crippen molar-refractivity contribution in [1.82, 2.24) is 0 Å². The molecule has 22 heteroatoms. The molecule has 0 spiro atoms. The van der Waals surface area contributed by atoms with Crippen LogP contribution in [0.4, 0.5) is 0 Å². The number of rotatable bonds is 15. The fraction of sp³-hybridized carbons (Fsp3) is 0.850. The van der Waals surface area contributed by atoms with Gasteiger partial charge in [-0.15, -0.1) is 0 Å². The second kappa shape index (κ2) is 22.9. The maximum absolute atomic E-state index is 13.9. The first-order valence-electron chi connectivity index (χ1n) is 29.2. The average Bonchev–Trinajstić information content (AvgIpc) is 1.25. The molecule has 0 aromatic carbocycles. The minimum absolute atomic E-state index is 0.0280. The Kier molecular flexibility index (Phi) is 18.2. The summed E-state index contributed by atoms with van der Waals surface area (Å²) in [4.78, 5) is 40.7. The predicted molar refractivity (Wildman–Crippen MR) is 289 cm³/mol. The highest BCUT2D eigenvalue weighted by Crippen LogP contribution is 2.76. The van der Waals surface area contributed by atoms with Gasteiger partial charge in [0, 0.05) is 22.5 Å². The smallest absolute Gasteiger partial charge is 0.338 e. The van der Waals surface area contributed by atoms with Gasteiger partial charge < -0.3 is 94.1 Å². The van der Waals surface area contributed by atoms with Crippen molar-refractivity contribution >= 4 is 17.9 Å². The molecule has 82 heavy (non-hydrogen) atoms. The maximum Gasteiger partial charge on any atom is 0.338 e. The van der Waals surface area contributed by atoms with Crippen LogP contribution in [0.1, 0.15) is 135 Å². The molecule has 8 aliphatic rings. The molecule has 0 aromatic rings. The first kappa shape index (κ1) is 65.0. The van der Waals surface area contributed by atoms with Gasteiger partial charge in [-0.3, -0.25) is 0 Å². The van der Waals surface area contributed by atoms with Gasteiger partial charge in [0.2, 0.25) is 0 Å². The number of allylic oxidation sites excluding steroid dienone is 4. The molecule has 466 valence electrons. The zero-order chi connectivity index (χ0) is 61.0. The number of carboxylic acids is 1. The maximum atomic E-state index is 13.9. The summed E-state index contributed by atoms with van der Waals surface area (Å²) >= 11 is 0. The van der Waals surface area contributed by atoms with E-state index in [4.69, 9.17) is 37.9 Å². The van der Waals surface area contributed by atoms with Crippen molar-refractivity contribution in [1.29, 1.82) is 0 Å². The van der Waals surface area contributed by atoms with Crippen molar-refractivity contribution in [3.8, 4) is 0 Å². The zero-order valence-corrected chi connectivity index (χ0v) is 49.9. The van der Waals surface area contributed by atoms with Crippen LogP contribution in [0.3, 0.4) is 0 Å². The van der Waals surface area contributed by atoms with Crippen molar-refractivity contribution in [3.63, 3.8) is 0 Å². The normalized spacial score (nSPS) is 49.1. The third kappa shape index (κ3) is 10.1. The summed E-state index contributed by atoms with van der Waals surface area (Å²) < 4.78 is 50.0. The van der Waals surface area contributed by atoms with Crippen molar-refractivity contribution in [3.05, 3.63) is 34.9 Å². The molecule has 0 aromatic heterocycles. The highest BCUT2D eigenvalue weighted by molar-refractivity contribution is 5.89. The number of ether oxygens (including phenoxy) is 8. The topological polar surface area (TPSA) is 348 Å². The van der Waals surface area contributed by atoms with Gasteiger partial charge in [-0.05, 0) is 126 Å². The van der Waals surface area contributed by atoms with Crippen molar-refractivity contribution < 1.29 is 108 Å². The van der Waals surface area contributed by atoms with Crippen LogP contribution in [0.5, 0.6) is 0 Å². The quantitative estimate of drug-likeness (QED) is 0.0485. The van der Waals surface area contributed by atoms with Gasteiger partial charge in [-0.1, -0.05) is 72.3 Å². The van der Waals surface area contributed by atoms with Crippen LogP contribution in [0.15, 0.2) is 34.9 Å². The van der Waals surface area contributed by atoms with E-state index >= 15 is 0 Å². The number of carbonyl (C=O) groups excluding carboxylic acids is 2. The van der Waals surface area contributed by atoms with E-state index in [1.165, 1.54) is 6.92 Å². The number of hydrogen-bond donors (Lipinski definition) is 11. The molecule has 4 saturated carbocycles. The zero-order valence-electron chi connectivity index (χ0n) is 49.9. The van der Waals surface area contributed by atoms with E-state index in [1.807, 2.05) is 13.8 Å². The van der Waals surface area contributed by atoms with Gasteiger partial charge in [0.1, 0.15) is 60.5 Å². The third-order valence-corrected chi connectivity index (χ3v) is 22.5. The Morgan fingerprint density at radius 2 is 1.30 bits per heavy atom. The number of fused-ring (bicyclic) bond motifs is 7. The number of carbonyl (C=O) groups is 3. The van der Waals surface area contributed by atoms with Gasteiger partial charge in [0.15, 0.2) is 30.6 Å². The Labute approximate surface area is 480 Å². The molecular formula is C60H94O22. The lowest BCUT2D eigenvalue weighted by atomic mass is 9.33. The van der Waals surface area contributed by atoms with Crippen LogP contribution in [0, 0.1) is 56.2 Å². The Morgan fingerprint density at radius 3 is 1.87 bits per heavy atom. The van der Waals surface area contributed by atoms with E-state index in [9.17, 15) is 70.6 Å². The van der Waals surface area contributed by atoms with Crippen LogP contribution in [0.25, 0.3) is 0 Å². The highest BCUT2D eigenvalue weighted by atomic mass is 16.8. The van der Waals surface area contributed by atoms with Crippen LogP contribution in [0.2, 0.25) is 0 Å². The number of aliphatic hydroxyl groups excluding tert-OH is 10. The predicted octanol–water partition coefficient (Wildman–Crippen LogP) is 2.32. The van der Waals surface area contributed by atoms with Gasteiger partial charge >= 0.3 is 17.9 Å². The molecule has 7 fully saturated rings. The van der Waals surface area contributed by atoms with Crippen molar-refractivity contribution in [2.24, 2.45) is 56.2 Å². The molecule has 8 rings (SSSR count). The summed E-state index contributed by atoms with van der Waals surface area (Å²) in [6.07, 6.45) is -13.8. The lowest BCUT2D eigenvalue weighted by molar-refractivity contribution is -0.395. The van der Waals surface area contributed by atoms with E-state index < -0.39 is 187 Å². The standard InChI is InChI=1S/C60H94O22/c1-14-28(3)47(71)79-45-46(80-48(72)29(4)15-2)60(27-63)32(22-53(45,5)6)31-16-17-35-55(9)20-19-37(54(7,8)34(55)18-21-56(35,10)57(31,11)23-36(60)64)77-51-42(78-50-41(68)39(66)44(70)58(12,26-62)81-50)30(43(69)59(13,82-51)52(73)74)25-75-49-40(67)38(65)33(24-61)76-49/h14-16,30,32-46,49-51,61-70H,17-27H2,1-13H3,(H,73,74)/t30-,32?,33-,34?,35?,36+,37-,38?,39-,40-,41?,42?,43-,44+,45-,46-,49+,50+,51+,55-,56+,57+,58?,59?,60-/m0/s1. The van der Waals surface area contributed by atoms with E-state index in [1.54, 1.807) is 39.8 Å². The number of carboxylic acid groups (broad SMARTS) is 1. The van der Waals surface area contributed by atoms with E-state index in [2.05, 4.69) is 40.7 Å². The van der Waals surface area contributed by atoms with Crippen molar-refractivity contribution in [2.75, 3.05) is 26.4 Å². The van der Waals surface area contributed by atoms with E-state index in [-0.39, 0.29) is 23.7 Å². The lowest BCUT2D eigenvalue weighted by Crippen LogP contribution is -2.72. The van der Waals surface area contributed by atoms with Gasteiger partial charge in [0.25, 0.3) is 0 Å². The molecule has 3 saturated heterocycles. The first-order chi connectivity index (χ1) is 38.1. The van der Waals surface area contributed by atoms with Crippen LogP contribution in [-0.4, -0.2) is 204 Å². The number of aliphatic carboxylic acids is 1.